The van der Waals surface area contributed by atoms with Crippen LogP contribution in [0.4, 0.5) is 10.6 Å². The Morgan fingerprint density at radius 1 is 1.48 bits per heavy atom. The summed E-state index contributed by atoms with van der Waals surface area (Å²) >= 11 is 1.53. The molecular weight excluding hydrogens is 312 g/mol. The van der Waals surface area contributed by atoms with Crippen LogP contribution in [0.25, 0.3) is 0 Å². The molecule has 6 nitrogen and oxygen atoms in total. The van der Waals surface area contributed by atoms with Crippen molar-refractivity contribution < 1.29 is 9.53 Å². The molecule has 2 rings (SSSR count). The summed E-state index contributed by atoms with van der Waals surface area (Å²) in [5.41, 5.74) is -0.473. The maximum Gasteiger partial charge on any atom is 0.410 e. The number of hydrogen-bond acceptors (Lipinski definition) is 6. The number of ether oxygens (including phenoxy) is 1. The molecule has 1 aliphatic heterocycles. The SMILES string of the molecule is CSc1nccc(N2CCC[C@@H](N(C)C(=O)OC(C)(C)C)C2)n1. The molecule has 0 saturated carbocycles. The third-order valence-electron chi connectivity index (χ3n) is 3.75. The highest BCUT2D eigenvalue weighted by molar-refractivity contribution is 7.98. The minimum absolute atomic E-state index is 0.131. The van der Waals surface area contributed by atoms with E-state index in [4.69, 9.17) is 4.74 Å². The molecule has 1 saturated heterocycles. The molecule has 1 aliphatic rings. The van der Waals surface area contributed by atoms with Gasteiger partial charge in [-0.2, -0.15) is 0 Å². The van der Waals surface area contributed by atoms with Crippen molar-refractivity contribution >= 4 is 23.7 Å². The van der Waals surface area contributed by atoms with E-state index in [-0.39, 0.29) is 12.1 Å². The van der Waals surface area contributed by atoms with Crippen LogP contribution in [0.1, 0.15) is 33.6 Å². The summed E-state index contributed by atoms with van der Waals surface area (Å²) in [6.45, 7) is 7.37. The zero-order valence-electron chi connectivity index (χ0n) is 14.6. The van der Waals surface area contributed by atoms with Crippen molar-refractivity contribution in [3.8, 4) is 0 Å². The van der Waals surface area contributed by atoms with E-state index in [0.29, 0.717) is 0 Å². The van der Waals surface area contributed by atoms with Crippen LogP contribution in [0, 0.1) is 0 Å². The first-order valence-corrected chi connectivity index (χ1v) is 9.10. The Morgan fingerprint density at radius 2 is 2.22 bits per heavy atom. The van der Waals surface area contributed by atoms with E-state index in [1.165, 1.54) is 11.8 Å². The number of amides is 1. The monoisotopic (exact) mass is 338 g/mol. The summed E-state index contributed by atoms with van der Waals surface area (Å²) in [5, 5.41) is 0.769. The molecule has 0 unspecified atom stereocenters. The van der Waals surface area contributed by atoms with Gasteiger partial charge < -0.3 is 14.5 Å². The minimum Gasteiger partial charge on any atom is -0.444 e. The van der Waals surface area contributed by atoms with E-state index >= 15 is 0 Å². The zero-order valence-corrected chi connectivity index (χ0v) is 15.4. The largest absolute Gasteiger partial charge is 0.444 e. The normalized spacial score (nSPS) is 18.7. The molecule has 0 bridgehead atoms. The molecule has 1 aromatic rings. The second-order valence-corrected chi connectivity index (χ2v) is 7.51. The molecule has 23 heavy (non-hydrogen) atoms. The molecule has 128 valence electrons. The van der Waals surface area contributed by atoms with Gasteiger partial charge in [-0.3, -0.25) is 0 Å². The van der Waals surface area contributed by atoms with Gasteiger partial charge in [-0.25, -0.2) is 14.8 Å². The Hall–Kier alpha value is -1.50. The predicted molar refractivity (Wildman–Crippen MR) is 93.0 cm³/mol. The third kappa shape index (κ3) is 4.99. The summed E-state index contributed by atoms with van der Waals surface area (Å²) in [5.74, 6) is 0.923. The summed E-state index contributed by atoms with van der Waals surface area (Å²) in [6.07, 6.45) is 5.49. The van der Waals surface area contributed by atoms with Crippen molar-refractivity contribution in [1.29, 1.82) is 0 Å². The highest BCUT2D eigenvalue weighted by atomic mass is 32.2. The second-order valence-electron chi connectivity index (χ2n) is 6.73. The first-order chi connectivity index (χ1) is 10.8. The van der Waals surface area contributed by atoms with Crippen LogP contribution < -0.4 is 4.90 Å². The van der Waals surface area contributed by atoms with Gasteiger partial charge >= 0.3 is 6.09 Å². The molecule has 2 heterocycles. The summed E-state index contributed by atoms with van der Waals surface area (Å²) in [6, 6.07) is 2.06. The van der Waals surface area contributed by atoms with Crippen molar-refractivity contribution in [2.24, 2.45) is 0 Å². The number of piperidine rings is 1. The molecule has 7 heteroatoms. The fourth-order valence-corrected chi connectivity index (χ4v) is 2.92. The summed E-state index contributed by atoms with van der Waals surface area (Å²) in [4.78, 5) is 25.0. The van der Waals surface area contributed by atoms with Crippen LogP contribution in [-0.4, -0.2) is 59.0 Å². The fourth-order valence-electron chi connectivity index (χ4n) is 2.57. The first-order valence-electron chi connectivity index (χ1n) is 7.88. The average molecular weight is 338 g/mol. The quantitative estimate of drug-likeness (QED) is 0.624. The number of anilines is 1. The van der Waals surface area contributed by atoms with E-state index in [1.807, 2.05) is 40.1 Å². The number of carbonyl (C=O) groups is 1. The first kappa shape index (κ1) is 17.8. The Balaban J connectivity index is 2.03. The van der Waals surface area contributed by atoms with E-state index in [1.54, 1.807) is 11.1 Å². The topological polar surface area (TPSA) is 58.6 Å². The van der Waals surface area contributed by atoms with E-state index < -0.39 is 5.60 Å². The van der Waals surface area contributed by atoms with E-state index in [0.717, 1.165) is 36.9 Å². The number of aromatic nitrogens is 2. The van der Waals surface area contributed by atoms with Crippen LogP contribution in [0.2, 0.25) is 0 Å². The smallest absolute Gasteiger partial charge is 0.410 e. The lowest BCUT2D eigenvalue weighted by atomic mass is 10.0. The Labute approximate surface area is 142 Å². The van der Waals surface area contributed by atoms with Gasteiger partial charge in [0, 0.05) is 26.3 Å². The Bertz CT molecular complexity index is 547. The van der Waals surface area contributed by atoms with Crippen LogP contribution in [-0.2, 0) is 4.74 Å². The zero-order chi connectivity index (χ0) is 17.0. The molecule has 0 N–H and O–H groups in total. The number of likely N-dealkylation sites (N-methyl/N-ethyl adjacent to an activating group) is 1. The fraction of sp³-hybridized carbons (Fsp3) is 0.688. The van der Waals surface area contributed by atoms with Crippen LogP contribution >= 0.6 is 11.8 Å². The van der Waals surface area contributed by atoms with Crippen molar-refractivity contribution in [3.63, 3.8) is 0 Å². The number of hydrogen-bond donors (Lipinski definition) is 0. The van der Waals surface area contributed by atoms with Crippen LogP contribution in [0.3, 0.4) is 0 Å². The number of nitrogens with zero attached hydrogens (tertiary/aromatic N) is 4. The lowest BCUT2D eigenvalue weighted by Crippen LogP contribution is -2.50. The average Bonchev–Trinajstić information content (AvgIpc) is 2.52. The van der Waals surface area contributed by atoms with Gasteiger partial charge in [0.2, 0.25) is 0 Å². The van der Waals surface area contributed by atoms with Gasteiger partial charge in [-0.1, -0.05) is 11.8 Å². The second kappa shape index (κ2) is 7.38. The lowest BCUT2D eigenvalue weighted by Gasteiger charge is -2.38. The van der Waals surface area contributed by atoms with Gasteiger partial charge in [0.25, 0.3) is 0 Å². The molecule has 1 aromatic heterocycles. The molecule has 0 radical (unpaired) electrons. The summed E-state index contributed by atoms with van der Waals surface area (Å²) in [7, 11) is 1.82. The van der Waals surface area contributed by atoms with Crippen molar-refractivity contribution in [1.82, 2.24) is 14.9 Å². The third-order valence-corrected chi connectivity index (χ3v) is 4.31. The van der Waals surface area contributed by atoms with E-state index in [2.05, 4.69) is 14.9 Å². The highest BCUT2D eigenvalue weighted by Gasteiger charge is 2.29. The van der Waals surface area contributed by atoms with Crippen molar-refractivity contribution in [3.05, 3.63) is 12.3 Å². The Kier molecular flexibility index (Phi) is 5.73. The van der Waals surface area contributed by atoms with Crippen molar-refractivity contribution in [2.45, 2.75) is 50.4 Å². The molecule has 0 aromatic carbocycles. The highest BCUT2D eigenvalue weighted by Crippen LogP contribution is 2.22. The standard InChI is InChI=1S/C16H26N4O2S/c1-16(2,3)22-15(21)19(4)12-7-6-10-20(11-12)13-8-9-17-14(18-13)23-5/h8-9,12H,6-7,10-11H2,1-5H3/t12-/m1/s1. The maximum atomic E-state index is 12.3. The Morgan fingerprint density at radius 3 is 2.87 bits per heavy atom. The predicted octanol–water partition coefficient (Wildman–Crippen LogP) is 3.03. The van der Waals surface area contributed by atoms with Gasteiger partial charge in [0.1, 0.15) is 11.4 Å². The van der Waals surface area contributed by atoms with Gasteiger partial charge in [-0.15, -0.1) is 0 Å². The number of thioether (sulfide) groups is 1. The lowest BCUT2D eigenvalue weighted by molar-refractivity contribution is 0.0209. The molecular formula is C16H26N4O2S. The van der Waals surface area contributed by atoms with Gasteiger partial charge in [0.05, 0.1) is 6.04 Å². The maximum absolute atomic E-state index is 12.3. The molecule has 1 amide bonds. The van der Waals surface area contributed by atoms with Crippen molar-refractivity contribution in [2.75, 3.05) is 31.3 Å². The van der Waals surface area contributed by atoms with Crippen LogP contribution in [0.15, 0.2) is 17.4 Å². The van der Waals surface area contributed by atoms with Gasteiger partial charge in [-0.05, 0) is 45.9 Å². The van der Waals surface area contributed by atoms with Gasteiger partial charge in [0.15, 0.2) is 5.16 Å². The molecule has 1 atom stereocenters. The molecule has 0 aliphatic carbocycles. The molecule has 1 fully saturated rings. The van der Waals surface area contributed by atoms with Crippen LogP contribution in [0.5, 0.6) is 0 Å². The van der Waals surface area contributed by atoms with E-state index in [9.17, 15) is 4.79 Å². The number of carbonyl (C=O) groups excluding carboxylic acids is 1. The number of rotatable bonds is 3. The summed E-state index contributed by atoms with van der Waals surface area (Å²) < 4.78 is 5.47. The molecule has 0 spiro atoms. The minimum atomic E-state index is -0.473.